The molecule has 0 aliphatic carbocycles. The molecular formula is C14H23NO. The van der Waals surface area contributed by atoms with Crippen molar-refractivity contribution in [2.24, 2.45) is 5.41 Å². The number of benzene rings is 1. The van der Waals surface area contributed by atoms with E-state index in [1.165, 1.54) is 0 Å². The van der Waals surface area contributed by atoms with Gasteiger partial charge in [0, 0.05) is 16.7 Å². The van der Waals surface area contributed by atoms with Gasteiger partial charge in [-0.3, -0.25) is 4.79 Å². The molecule has 0 heterocycles. The Bertz CT molecular complexity index is 338. The zero-order valence-corrected chi connectivity index (χ0v) is 9.71. The lowest BCUT2D eigenvalue weighted by Gasteiger charge is -2.22. The number of ketones is 1. The van der Waals surface area contributed by atoms with Gasteiger partial charge in [0.15, 0.2) is 5.78 Å². The summed E-state index contributed by atoms with van der Waals surface area (Å²) in [5.41, 5.74) is 6.76. The summed E-state index contributed by atoms with van der Waals surface area (Å²) in [6, 6.07) is 7.15. The van der Waals surface area contributed by atoms with E-state index in [4.69, 9.17) is 5.73 Å². The second-order valence-electron chi connectivity index (χ2n) is 4.59. The molecule has 0 unspecified atom stereocenters. The standard InChI is InChI=1S/C13H19NO.CH4/c1-4-9-13(2,3)12(15)10-5-7-11(14)8-6-10;/h5-8H,4,9,14H2,1-3H3;1H4. The number of anilines is 1. The normalized spacial score (nSPS) is 10.7. The molecule has 0 amide bonds. The monoisotopic (exact) mass is 221 g/mol. The first kappa shape index (κ1) is 14.7. The highest BCUT2D eigenvalue weighted by Crippen LogP contribution is 2.27. The Labute approximate surface area is 98.9 Å². The fraction of sp³-hybridized carbons (Fsp3) is 0.500. The highest BCUT2D eigenvalue weighted by molar-refractivity contribution is 6.00. The molecule has 0 fully saturated rings. The SMILES string of the molecule is C.CCCC(C)(C)C(=O)c1ccc(N)cc1. The Morgan fingerprint density at radius 2 is 1.75 bits per heavy atom. The van der Waals surface area contributed by atoms with Crippen molar-refractivity contribution < 1.29 is 4.79 Å². The first-order valence-corrected chi connectivity index (χ1v) is 5.37. The Kier molecular flexibility index (Phi) is 5.22. The fourth-order valence-electron chi connectivity index (χ4n) is 1.76. The third kappa shape index (κ3) is 3.37. The Morgan fingerprint density at radius 3 is 2.19 bits per heavy atom. The van der Waals surface area contributed by atoms with E-state index in [1.807, 2.05) is 13.8 Å². The van der Waals surface area contributed by atoms with E-state index in [-0.39, 0.29) is 18.6 Å². The first-order chi connectivity index (χ1) is 6.97. The summed E-state index contributed by atoms with van der Waals surface area (Å²) in [5, 5.41) is 0. The maximum Gasteiger partial charge on any atom is 0.168 e. The van der Waals surface area contributed by atoms with Crippen molar-refractivity contribution >= 4 is 11.5 Å². The quantitative estimate of drug-likeness (QED) is 0.618. The van der Waals surface area contributed by atoms with E-state index < -0.39 is 0 Å². The molecule has 0 bridgehead atoms. The van der Waals surface area contributed by atoms with Crippen LogP contribution in [0.25, 0.3) is 0 Å². The van der Waals surface area contributed by atoms with E-state index >= 15 is 0 Å². The molecule has 0 spiro atoms. The minimum absolute atomic E-state index is 0. The lowest BCUT2D eigenvalue weighted by molar-refractivity contribution is 0.0825. The summed E-state index contributed by atoms with van der Waals surface area (Å²) >= 11 is 0. The second kappa shape index (κ2) is 5.69. The highest BCUT2D eigenvalue weighted by Gasteiger charge is 2.27. The number of nitrogen functional groups attached to an aromatic ring is 1. The maximum atomic E-state index is 12.1. The Hall–Kier alpha value is -1.31. The van der Waals surface area contributed by atoms with Crippen molar-refractivity contribution in [1.82, 2.24) is 0 Å². The summed E-state index contributed by atoms with van der Waals surface area (Å²) in [5.74, 6) is 0.198. The molecule has 0 saturated heterocycles. The van der Waals surface area contributed by atoms with Crippen LogP contribution in [0.2, 0.25) is 0 Å². The lowest BCUT2D eigenvalue weighted by atomic mass is 9.80. The fourth-order valence-corrected chi connectivity index (χ4v) is 1.76. The van der Waals surface area contributed by atoms with Crippen molar-refractivity contribution in [3.63, 3.8) is 0 Å². The van der Waals surface area contributed by atoms with Gasteiger partial charge in [-0.15, -0.1) is 0 Å². The summed E-state index contributed by atoms with van der Waals surface area (Å²) in [7, 11) is 0. The van der Waals surface area contributed by atoms with Crippen molar-refractivity contribution in [2.75, 3.05) is 5.73 Å². The van der Waals surface area contributed by atoms with Gasteiger partial charge in [0.1, 0.15) is 0 Å². The second-order valence-corrected chi connectivity index (χ2v) is 4.59. The lowest BCUT2D eigenvalue weighted by Crippen LogP contribution is -2.24. The van der Waals surface area contributed by atoms with Crippen molar-refractivity contribution in [3.05, 3.63) is 29.8 Å². The molecule has 1 aromatic carbocycles. The van der Waals surface area contributed by atoms with Gasteiger partial charge in [-0.25, -0.2) is 0 Å². The van der Waals surface area contributed by atoms with Crippen LogP contribution in [0, 0.1) is 5.41 Å². The molecule has 0 atom stereocenters. The van der Waals surface area contributed by atoms with Crippen LogP contribution in [-0.2, 0) is 0 Å². The molecule has 90 valence electrons. The van der Waals surface area contributed by atoms with Crippen LogP contribution in [0.3, 0.4) is 0 Å². The molecule has 1 rings (SSSR count). The van der Waals surface area contributed by atoms with Crippen LogP contribution in [0.4, 0.5) is 5.69 Å². The van der Waals surface area contributed by atoms with E-state index in [2.05, 4.69) is 6.92 Å². The van der Waals surface area contributed by atoms with Gasteiger partial charge in [0.25, 0.3) is 0 Å². The van der Waals surface area contributed by atoms with Crippen molar-refractivity contribution in [2.45, 2.75) is 41.0 Å². The Balaban J connectivity index is 0.00000225. The largest absolute Gasteiger partial charge is 0.399 e. The third-order valence-electron chi connectivity index (χ3n) is 2.66. The van der Waals surface area contributed by atoms with Gasteiger partial charge in [-0.1, -0.05) is 34.6 Å². The summed E-state index contributed by atoms with van der Waals surface area (Å²) in [4.78, 5) is 12.1. The number of hydrogen-bond acceptors (Lipinski definition) is 2. The molecule has 0 aliphatic rings. The number of carbonyl (C=O) groups is 1. The van der Waals surface area contributed by atoms with Crippen LogP contribution < -0.4 is 5.73 Å². The topological polar surface area (TPSA) is 43.1 Å². The van der Waals surface area contributed by atoms with Gasteiger partial charge in [0.05, 0.1) is 0 Å². The highest BCUT2D eigenvalue weighted by atomic mass is 16.1. The molecule has 2 nitrogen and oxygen atoms in total. The van der Waals surface area contributed by atoms with Gasteiger partial charge >= 0.3 is 0 Å². The predicted octanol–water partition coefficient (Wildman–Crippen LogP) is 3.91. The minimum atomic E-state index is -0.273. The zero-order chi connectivity index (χ0) is 11.5. The van der Waals surface area contributed by atoms with E-state index in [0.29, 0.717) is 5.69 Å². The maximum absolute atomic E-state index is 12.1. The Morgan fingerprint density at radius 1 is 1.25 bits per heavy atom. The van der Waals surface area contributed by atoms with E-state index in [0.717, 1.165) is 18.4 Å². The van der Waals surface area contributed by atoms with Crippen LogP contribution >= 0.6 is 0 Å². The average Bonchev–Trinajstić information content (AvgIpc) is 2.18. The summed E-state index contributed by atoms with van der Waals surface area (Å²) < 4.78 is 0. The van der Waals surface area contributed by atoms with Gasteiger partial charge < -0.3 is 5.73 Å². The van der Waals surface area contributed by atoms with Gasteiger partial charge in [0.2, 0.25) is 0 Å². The van der Waals surface area contributed by atoms with Crippen LogP contribution in [0.1, 0.15) is 51.4 Å². The van der Waals surface area contributed by atoms with Crippen molar-refractivity contribution in [1.29, 1.82) is 0 Å². The molecule has 0 aromatic heterocycles. The number of Topliss-reactive ketones (excluding diaryl/α,β-unsaturated/α-hetero) is 1. The van der Waals surface area contributed by atoms with Gasteiger partial charge in [-0.05, 0) is 30.7 Å². The summed E-state index contributed by atoms with van der Waals surface area (Å²) in [6.07, 6.45) is 1.93. The number of hydrogen-bond donors (Lipinski definition) is 1. The zero-order valence-electron chi connectivity index (χ0n) is 9.71. The van der Waals surface area contributed by atoms with Gasteiger partial charge in [-0.2, -0.15) is 0 Å². The van der Waals surface area contributed by atoms with E-state index in [1.54, 1.807) is 24.3 Å². The molecule has 0 radical (unpaired) electrons. The molecule has 16 heavy (non-hydrogen) atoms. The number of nitrogens with two attached hydrogens (primary N) is 1. The average molecular weight is 221 g/mol. The number of carbonyl (C=O) groups excluding carboxylic acids is 1. The minimum Gasteiger partial charge on any atom is -0.399 e. The summed E-state index contributed by atoms with van der Waals surface area (Å²) in [6.45, 7) is 6.09. The molecule has 0 saturated carbocycles. The van der Waals surface area contributed by atoms with Crippen LogP contribution in [0.5, 0.6) is 0 Å². The molecule has 0 aliphatic heterocycles. The van der Waals surface area contributed by atoms with Crippen LogP contribution in [-0.4, -0.2) is 5.78 Å². The van der Waals surface area contributed by atoms with Crippen molar-refractivity contribution in [3.8, 4) is 0 Å². The number of rotatable bonds is 4. The molecular weight excluding hydrogens is 198 g/mol. The van der Waals surface area contributed by atoms with Crippen LogP contribution in [0.15, 0.2) is 24.3 Å². The third-order valence-corrected chi connectivity index (χ3v) is 2.66. The predicted molar refractivity (Wildman–Crippen MR) is 70.6 cm³/mol. The molecule has 1 aromatic rings. The molecule has 2 heteroatoms. The van der Waals surface area contributed by atoms with E-state index in [9.17, 15) is 4.79 Å². The smallest absolute Gasteiger partial charge is 0.168 e. The molecule has 2 N–H and O–H groups in total. The first-order valence-electron chi connectivity index (χ1n) is 5.37.